The Balaban J connectivity index is 2.04. The minimum Gasteiger partial charge on any atom is -0.342 e. The van der Waals surface area contributed by atoms with Gasteiger partial charge in [0.2, 0.25) is 0 Å². The number of carbonyl (C=O) groups excluding carboxylic acids is 1. The van der Waals surface area contributed by atoms with Crippen molar-refractivity contribution < 1.29 is 4.79 Å². The first kappa shape index (κ1) is 11.4. The average molecular weight is 224 g/mol. The third-order valence-electron chi connectivity index (χ3n) is 3.50. The molecule has 0 saturated carbocycles. The van der Waals surface area contributed by atoms with E-state index in [9.17, 15) is 4.79 Å². The maximum Gasteiger partial charge on any atom is 0.252 e. The molecule has 0 aromatic rings. The van der Waals surface area contributed by atoms with Crippen molar-refractivity contribution in [2.24, 2.45) is 4.99 Å². The lowest BCUT2D eigenvalue weighted by Gasteiger charge is -2.36. The van der Waals surface area contributed by atoms with Crippen LogP contribution in [-0.2, 0) is 4.79 Å². The van der Waals surface area contributed by atoms with Gasteiger partial charge < -0.3 is 10.2 Å². The summed E-state index contributed by atoms with van der Waals surface area (Å²) in [6.45, 7) is 7.84. The Kier molecular flexibility index (Phi) is 3.14. The van der Waals surface area contributed by atoms with E-state index in [1.165, 1.54) is 0 Å². The molecule has 0 aromatic carbocycles. The number of rotatable bonds is 2. The predicted molar refractivity (Wildman–Crippen MR) is 63.3 cm³/mol. The van der Waals surface area contributed by atoms with Gasteiger partial charge in [0.15, 0.2) is 5.96 Å². The molecule has 5 nitrogen and oxygen atoms in total. The highest BCUT2D eigenvalue weighted by molar-refractivity contribution is 6.09. The number of hydrogen-bond acceptors (Lipinski definition) is 3. The van der Waals surface area contributed by atoms with E-state index in [4.69, 9.17) is 0 Å². The Bertz CT molecular complexity index is 305. The first-order chi connectivity index (χ1) is 7.70. The van der Waals surface area contributed by atoms with Gasteiger partial charge in [-0.15, -0.1) is 0 Å². The van der Waals surface area contributed by atoms with Crippen LogP contribution in [0.1, 0.15) is 26.7 Å². The van der Waals surface area contributed by atoms with Crippen LogP contribution in [0.5, 0.6) is 0 Å². The summed E-state index contributed by atoms with van der Waals surface area (Å²) in [7, 11) is 0. The molecule has 2 heterocycles. The molecule has 5 heteroatoms. The highest BCUT2D eigenvalue weighted by atomic mass is 16.2. The topological polar surface area (TPSA) is 56.7 Å². The van der Waals surface area contributed by atoms with Crippen molar-refractivity contribution in [3.8, 4) is 0 Å². The fraction of sp³-hybridized carbons (Fsp3) is 0.818. The van der Waals surface area contributed by atoms with Crippen LogP contribution in [0.2, 0.25) is 0 Å². The standard InChI is InChI=1S/C11H20N4O/c1-3-12-10-13-9(16)11(14-10)5-7-15(4-2)8-6-11/h3-8H2,1-2H3,(H2,12,13,14,16). The number of amides is 1. The molecule has 0 aliphatic carbocycles. The Morgan fingerprint density at radius 2 is 2.06 bits per heavy atom. The molecule has 0 atom stereocenters. The molecule has 1 amide bonds. The average Bonchev–Trinajstić information content (AvgIpc) is 2.57. The summed E-state index contributed by atoms with van der Waals surface area (Å²) in [6.07, 6.45) is 1.74. The maximum absolute atomic E-state index is 12.0. The monoisotopic (exact) mass is 224 g/mol. The first-order valence-electron chi connectivity index (χ1n) is 6.06. The summed E-state index contributed by atoms with van der Waals surface area (Å²) >= 11 is 0. The van der Waals surface area contributed by atoms with Gasteiger partial charge in [0.05, 0.1) is 0 Å². The second-order valence-corrected chi connectivity index (χ2v) is 4.42. The number of guanidine groups is 1. The van der Waals surface area contributed by atoms with E-state index in [0.717, 1.165) is 32.5 Å². The zero-order valence-corrected chi connectivity index (χ0v) is 10.0. The van der Waals surface area contributed by atoms with Gasteiger partial charge in [-0.1, -0.05) is 6.92 Å². The van der Waals surface area contributed by atoms with Gasteiger partial charge in [0.25, 0.3) is 5.91 Å². The largest absolute Gasteiger partial charge is 0.342 e. The van der Waals surface area contributed by atoms with Crippen molar-refractivity contribution in [3.63, 3.8) is 0 Å². The first-order valence-corrected chi connectivity index (χ1v) is 6.06. The second-order valence-electron chi connectivity index (χ2n) is 4.42. The number of aliphatic imine (C=N–C) groups is 1. The van der Waals surface area contributed by atoms with Gasteiger partial charge in [-0.25, -0.2) is 0 Å². The number of carbonyl (C=O) groups is 1. The fourth-order valence-electron chi connectivity index (χ4n) is 2.38. The SMILES string of the molecule is CCN=C1NC(=O)C2(CCN(CC)CC2)N1. The lowest BCUT2D eigenvalue weighted by Crippen LogP contribution is -2.54. The Hall–Kier alpha value is -1.10. The second kappa shape index (κ2) is 4.41. The van der Waals surface area contributed by atoms with E-state index in [-0.39, 0.29) is 11.4 Å². The Morgan fingerprint density at radius 1 is 1.38 bits per heavy atom. The normalized spacial score (nSPS) is 27.1. The Morgan fingerprint density at radius 3 is 2.62 bits per heavy atom. The van der Waals surface area contributed by atoms with E-state index >= 15 is 0 Å². The number of hydrogen-bond donors (Lipinski definition) is 2. The third-order valence-corrected chi connectivity index (χ3v) is 3.50. The molecule has 2 fully saturated rings. The van der Waals surface area contributed by atoms with Gasteiger partial charge >= 0.3 is 0 Å². The molecule has 2 saturated heterocycles. The molecular weight excluding hydrogens is 204 g/mol. The maximum atomic E-state index is 12.0. The van der Waals surface area contributed by atoms with E-state index in [2.05, 4.69) is 27.4 Å². The summed E-state index contributed by atoms with van der Waals surface area (Å²) in [6, 6.07) is 0. The van der Waals surface area contributed by atoms with Crippen molar-refractivity contribution in [3.05, 3.63) is 0 Å². The molecule has 0 bridgehead atoms. The lowest BCUT2D eigenvalue weighted by molar-refractivity contribution is -0.125. The van der Waals surface area contributed by atoms with Crippen molar-refractivity contribution >= 4 is 11.9 Å². The van der Waals surface area contributed by atoms with Crippen molar-refractivity contribution in [1.29, 1.82) is 0 Å². The van der Waals surface area contributed by atoms with Gasteiger partial charge in [0.1, 0.15) is 5.54 Å². The zero-order valence-electron chi connectivity index (χ0n) is 10.0. The van der Waals surface area contributed by atoms with Crippen LogP contribution in [-0.4, -0.2) is 48.5 Å². The summed E-state index contributed by atoms with van der Waals surface area (Å²) in [5.41, 5.74) is -0.389. The molecule has 90 valence electrons. The molecule has 1 spiro atoms. The van der Waals surface area contributed by atoms with Gasteiger partial charge in [0, 0.05) is 19.6 Å². The quantitative estimate of drug-likeness (QED) is 0.690. The summed E-state index contributed by atoms with van der Waals surface area (Å²) < 4.78 is 0. The van der Waals surface area contributed by atoms with Crippen molar-refractivity contribution in [2.75, 3.05) is 26.2 Å². The molecule has 2 rings (SSSR count). The van der Waals surface area contributed by atoms with Crippen LogP contribution < -0.4 is 10.6 Å². The smallest absolute Gasteiger partial charge is 0.252 e. The Labute approximate surface area is 96.3 Å². The van der Waals surface area contributed by atoms with Crippen LogP contribution in [0.3, 0.4) is 0 Å². The number of nitrogens with one attached hydrogen (secondary N) is 2. The van der Waals surface area contributed by atoms with Crippen LogP contribution in [0.25, 0.3) is 0 Å². The van der Waals surface area contributed by atoms with Gasteiger partial charge in [-0.3, -0.25) is 15.1 Å². The van der Waals surface area contributed by atoms with Crippen LogP contribution >= 0.6 is 0 Å². The van der Waals surface area contributed by atoms with E-state index in [0.29, 0.717) is 12.5 Å². The summed E-state index contributed by atoms with van der Waals surface area (Å²) in [4.78, 5) is 18.6. The highest BCUT2D eigenvalue weighted by Gasteiger charge is 2.46. The molecule has 0 unspecified atom stereocenters. The molecule has 0 radical (unpaired) electrons. The number of likely N-dealkylation sites (tertiary alicyclic amines) is 1. The highest BCUT2D eigenvalue weighted by Crippen LogP contribution is 2.25. The molecular formula is C11H20N4O. The van der Waals surface area contributed by atoms with E-state index in [1.807, 2.05) is 6.92 Å². The minimum atomic E-state index is -0.389. The molecule has 16 heavy (non-hydrogen) atoms. The van der Waals surface area contributed by atoms with Gasteiger partial charge in [-0.2, -0.15) is 0 Å². The molecule has 2 N–H and O–H groups in total. The van der Waals surface area contributed by atoms with Crippen molar-refractivity contribution in [1.82, 2.24) is 15.5 Å². The number of nitrogens with zero attached hydrogens (tertiary/aromatic N) is 2. The van der Waals surface area contributed by atoms with Gasteiger partial charge in [-0.05, 0) is 26.3 Å². The van der Waals surface area contributed by atoms with Crippen LogP contribution in [0, 0.1) is 0 Å². The molecule has 0 aromatic heterocycles. The third kappa shape index (κ3) is 1.91. The minimum absolute atomic E-state index is 0.0930. The lowest BCUT2D eigenvalue weighted by atomic mass is 9.88. The predicted octanol–water partition coefficient (Wildman–Crippen LogP) is -0.0638. The number of piperidine rings is 1. The molecule has 2 aliphatic heterocycles. The van der Waals surface area contributed by atoms with Crippen LogP contribution in [0.15, 0.2) is 4.99 Å². The van der Waals surface area contributed by atoms with Crippen LogP contribution in [0.4, 0.5) is 0 Å². The van der Waals surface area contributed by atoms with E-state index in [1.54, 1.807) is 0 Å². The van der Waals surface area contributed by atoms with E-state index < -0.39 is 0 Å². The van der Waals surface area contributed by atoms with Crippen molar-refractivity contribution in [2.45, 2.75) is 32.2 Å². The summed E-state index contributed by atoms with van der Waals surface area (Å²) in [5, 5.41) is 6.09. The zero-order chi connectivity index (χ0) is 11.6. The summed E-state index contributed by atoms with van der Waals surface area (Å²) in [5.74, 6) is 0.743. The fourth-order valence-corrected chi connectivity index (χ4v) is 2.38. The molecule has 2 aliphatic rings.